The Morgan fingerprint density at radius 1 is 0.574 bits per heavy atom. The molecule has 6 aromatic carbocycles. The molecular weight excluding hydrogens is 569 g/mol. The Labute approximate surface area is 277 Å². The van der Waals surface area contributed by atoms with Gasteiger partial charge in [0.15, 0.2) is 0 Å². The van der Waals surface area contributed by atoms with E-state index in [4.69, 9.17) is 0 Å². The van der Waals surface area contributed by atoms with Crippen LogP contribution in [-0.2, 0) is 6.42 Å². The average Bonchev–Trinajstić information content (AvgIpc) is 3.94. The predicted molar refractivity (Wildman–Crippen MR) is 198 cm³/mol. The maximum atomic E-state index is 2.51. The summed E-state index contributed by atoms with van der Waals surface area (Å²) in [7, 11) is 0. The van der Waals surface area contributed by atoms with Gasteiger partial charge < -0.3 is 9.80 Å². The Morgan fingerprint density at radius 2 is 1.32 bits per heavy atom. The number of allylic oxidation sites excluding steroid dienone is 3. The van der Waals surface area contributed by atoms with Crippen LogP contribution >= 0.6 is 0 Å². The van der Waals surface area contributed by atoms with Gasteiger partial charge in [-0.2, -0.15) is 0 Å². The van der Waals surface area contributed by atoms with Crippen LogP contribution in [0.15, 0.2) is 170 Å². The van der Waals surface area contributed by atoms with E-state index in [0.717, 1.165) is 19.3 Å². The fraction of sp³-hybridized carbons (Fsp3) is 0.111. The molecule has 0 amide bonds. The molecule has 3 aliphatic rings. The summed E-state index contributed by atoms with van der Waals surface area (Å²) in [4.78, 5) is 4.96. The first-order chi connectivity index (χ1) is 23.3. The summed E-state index contributed by atoms with van der Waals surface area (Å²) < 4.78 is 0. The molecule has 0 saturated carbocycles. The van der Waals surface area contributed by atoms with Gasteiger partial charge in [-0.05, 0) is 101 Å². The molecule has 0 aliphatic heterocycles. The molecule has 0 aromatic heterocycles. The van der Waals surface area contributed by atoms with Crippen molar-refractivity contribution in [2.45, 2.75) is 31.2 Å². The normalized spacial score (nSPS) is 17.5. The van der Waals surface area contributed by atoms with E-state index in [1.54, 1.807) is 0 Å². The van der Waals surface area contributed by atoms with Gasteiger partial charge in [-0.15, -0.1) is 0 Å². The van der Waals surface area contributed by atoms with E-state index in [1.165, 1.54) is 67.0 Å². The highest BCUT2D eigenvalue weighted by molar-refractivity contribution is 6.02. The minimum Gasteiger partial charge on any atom is -0.334 e. The lowest BCUT2D eigenvalue weighted by atomic mass is 9.89. The van der Waals surface area contributed by atoms with Crippen molar-refractivity contribution in [3.05, 3.63) is 197 Å². The second kappa shape index (κ2) is 11.6. The molecular formula is C45H36N2. The fourth-order valence-electron chi connectivity index (χ4n) is 7.62. The van der Waals surface area contributed by atoms with E-state index in [-0.39, 0.29) is 6.04 Å². The molecule has 6 aromatic rings. The zero-order chi connectivity index (χ0) is 31.2. The molecule has 2 unspecified atom stereocenters. The first-order valence-corrected chi connectivity index (χ1v) is 16.8. The Balaban J connectivity index is 1.02. The van der Waals surface area contributed by atoms with Crippen LogP contribution in [0.5, 0.6) is 0 Å². The lowest BCUT2D eigenvalue weighted by molar-refractivity contribution is 0.701. The zero-order valence-electron chi connectivity index (χ0n) is 26.3. The number of anilines is 4. The number of nitrogens with zero attached hydrogens (tertiary/aromatic N) is 2. The molecule has 3 aliphatic carbocycles. The predicted octanol–water partition coefficient (Wildman–Crippen LogP) is 11.8. The summed E-state index contributed by atoms with van der Waals surface area (Å²) in [5.41, 5.74) is 13.1. The Morgan fingerprint density at radius 3 is 2.11 bits per heavy atom. The van der Waals surface area contributed by atoms with Crippen molar-refractivity contribution in [2.75, 3.05) is 9.80 Å². The van der Waals surface area contributed by atoms with Gasteiger partial charge in [0.2, 0.25) is 0 Å². The van der Waals surface area contributed by atoms with Gasteiger partial charge in [0.25, 0.3) is 0 Å². The van der Waals surface area contributed by atoms with Crippen LogP contribution in [0.4, 0.5) is 22.7 Å². The quantitative estimate of drug-likeness (QED) is 0.179. The van der Waals surface area contributed by atoms with Crippen LogP contribution in [-0.4, -0.2) is 0 Å². The first kappa shape index (κ1) is 27.7. The van der Waals surface area contributed by atoms with Crippen molar-refractivity contribution in [2.24, 2.45) is 0 Å². The topological polar surface area (TPSA) is 6.48 Å². The van der Waals surface area contributed by atoms with Gasteiger partial charge in [0, 0.05) is 34.1 Å². The average molecular weight is 605 g/mol. The summed E-state index contributed by atoms with van der Waals surface area (Å²) >= 11 is 0. The van der Waals surface area contributed by atoms with Gasteiger partial charge in [0.1, 0.15) is 0 Å². The fourth-order valence-corrected chi connectivity index (χ4v) is 7.62. The lowest BCUT2D eigenvalue weighted by Gasteiger charge is -2.36. The van der Waals surface area contributed by atoms with Crippen LogP contribution in [0, 0.1) is 0 Å². The Hall–Kier alpha value is -5.60. The number of hydrogen-bond donors (Lipinski definition) is 0. The molecule has 9 rings (SSSR count). The maximum Gasteiger partial charge on any atom is 0.0631 e. The molecule has 2 nitrogen and oxygen atoms in total. The summed E-state index contributed by atoms with van der Waals surface area (Å²) in [6.45, 7) is 0. The van der Waals surface area contributed by atoms with E-state index in [0.29, 0.717) is 5.92 Å². The maximum absolute atomic E-state index is 2.51. The molecule has 0 spiro atoms. The number of benzene rings is 6. The molecule has 0 fully saturated rings. The molecule has 0 heterocycles. The third kappa shape index (κ3) is 5.07. The third-order valence-corrected chi connectivity index (χ3v) is 10.0. The van der Waals surface area contributed by atoms with E-state index >= 15 is 0 Å². The van der Waals surface area contributed by atoms with E-state index in [1.807, 2.05) is 0 Å². The summed E-state index contributed by atoms with van der Waals surface area (Å²) in [6.07, 6.45) is 14.8. The molecule has 2 atom stereocenters. The van der Waals surface area contributed by atoms with Crippen molar-refractivity contribution in [1.82, 2.24) is 0 Å². The van der Waals surface area contributed by atoms with Gasteiger partial charge >= 0.3 is 0 Å². The Kier molecular flexibility index (Phi) is 6.86. The van der Waals surface area contributed by atoms with Crippen molar-refractivity contribution >= 4 is 39.6 Å². The molecule has 0 bridgehead atoms. The molecule has 0 radical (unpaired) electrons. The summed E-state index contributed by atoms with van der Waals surface area (Å²) in [5, 5.41) is 2.70. The van der Waals surface area contributed by atoms with Crippen LogP contribution in [0.3, 0.4) is 0 Å². The van der Waals surface area contributed by atoms with Crippen molar-refractivity contribution in [3.8, 4) is 0 Å². The summed E-state index contributed by atoms with van der Waals surface area (Å²) in [5.74, 6) is 0.333. The third-order valence-electron chi connectivity index (χ3n) is 10.0. The smallest absolute Gasteiger partial charge is 0.0631 e. The van der Waals surface area contributed by atoms with Gasteiger partial charge in [0.05, 0.1) is 11.7 Å². The molecule has 2 heteroatoms. The van der Waals surface area contributed by atoms with Gasteiger partial charge in [-0.1, -0.05) is 121 Å². The number of rotatable bonds is 7. The van der Waals surface area contributed by atoms with E-state index in [9.17, 15) is 0 Å². The molecule has 47 heavy (non-hydrogen) atoms. The highest BCUT2D eigenvalue weighted by Crippen LogP contribution is 2.45. The van der Waals surface area contributed by atoms with Crippen LogP contribution in [0.2, 0.25) is 0 Å². The monoisotopic (exact) mass is 604 g/mol. The van der Waals surface area contributed by atoms with Crippen molar-refractivity contribution < 1.29 is 0 Å². The second-order valence-electron chi connectivity index (χ2n) is 12.8. The van der Waals surface area contributed by atoms with Crippen LogP contribution < -0.4 is 9.80 Å². The second-order valence-corrected chi connectivity index (χ2v) is 12.8. The van der Waals surface area contributed by atoms with Crippen molar-refractivity contribution in [3.63, 3.8) is 0 Å². The van der Waals surface area contributed by atoms with Crippen molar-refractivity contribution in [1.29, 1.82) is 0 Å². The first-order valence-electron chi connectivity index (χ1n) is 16.8. The number of para-hydroxylation sites is 2. The standard InChI is InChI=1S/C45H36N2/c1-3-14-37(15-4-1)46(43-19-9-12-34-11-7-8-18-41(34)43)39-27-23-32(24-28-39)33-25-29-40(30-26-33)47(38-16-5-2-6-17-38)44-20-10-13-35-21-22-36-31-42(36)45(35)44/h1-18,20-25,27-30,33,43H,19,26,31H2. The van der Waals surface area contributed by atoms with E-state index in [2.05, 4.69) is 180 Å². The number of hydrogen-bond acceptors (Lipinski definition) is 2. The Bertz CT molecular complexity index is 2170. The largest absolute Gasteiger partial charge is 0.334 e. The molecule has 226 valence electrons. The zero-order valence-corrected chi connectivity index (χ0v) is 26.3. The highest BCUT2D eigenvalue weighted by Gasteiger charge is 2.27. The summed E-state index contributed by atoms with van der Waals surface area (Å²) in [6, 6.07) is 51.3. The minimum atomic E-state index is 0.246. The van der Waals surface area contributed by atoms with E-state index < -0.39 is 0 Å². The van der Waals surface area contributed by atoms with Gasteiger partial charge in [-0.3, -0.25) is 0 Å². The lowest BCUT2D eigenvalue weighted by Crippen LogP contribution is -2.25. The number of fused-ring (bicyclic) bond motifs is 4. The van der Waals surface area contributed by atoms with Gasteiger partial charge in [-0.25, -0.2) is 0 Å². The minimum absolute atomic E-state index is 0.246. The highest BCUT2D eigenvalue weighted by atomic mass is 15.2. The SMILES string of the molecule is C1=Cc2ccccc2C(N(c2ccccc2)c2ccc(C3C=CC(N(c4ccccc4)c4cccc5ccc6c(c45)C6)=CC3)cc2)C1. The molecule has 0 N–H and O–H groups in total. The molecule has 0 saturated heterocycles. The van der Waals surface area contributed by atoms with Crippen LogP contribution in [0.1, 0.15) is 52.6 Å². The van der Waals surface area contributed by atoms with Crippen LogP contribution in [0.25, 0.3) is 16.8 Å².